The van der Waals surface area contributed by atoms with Gasteiger partial charge >= 0.3 is 5.97 Å². The maximum atomic E-state index is 12.2. The molecule has 25 heavy (non-hydrogen) atoms. The minimum absolute atomic E-state index is 0.158. The van der Waals surface area contributed by atoms with Gasteiger partial charge in [-0.1, -0.05) is 6.08 Å². The molecule has 0 saturated heterocycles. The molecule has 6 heteroatoms. The van der Waals surface area contributed by atoms with E-state index >= 15 is 0 Å². The maximum Gasteiger partial charge on any atom is 0.303 e. The van der Waals surface area contributed by atoms with Gasteiger partial charge in [-0.15, -0.1) is 0 Å². The summed E-state index contributed by atoms with van der Waals surface area (Å²) in [5.74, 6) is -0.253. The predicted molar refractivity (Wildman–Crippen MR) is 96.8 cm³/mol. The first-order valence-corrected chi connectivity index (χ1v) is 8.13. The predicted octanol–water partition coefficient (Wildman–Crippen LogP) is 3.77. The summed E-state index contributed by atoms with van der Waals surface area (Å²) in [6, 6.07) is 7.42. The molecule has 2 aromatic rings. The average Bonchev–Trinajstić information content (AvgIpc) is 2.60. The number of amides is 1. The fourth-order valence-electron chi connectivity index (χ4n) is 2.37. The zero-order valence-electron chi connectivity index (χ0n) is 14.4. The molecule has 0 aliphatic rings. The van der Waals surface area contributed by atoms with Crippen LogP contribution in [0, 0.1) is 0 Å². The minimum atomic E-state index is -0.793. The minimum Gasteiger partial charge on any atom is -0.497 e. The molecular formula is C19H22N2O4. The summed E-state index contributed by atoms with van der Waals surface area (Å²) in [5.41, 5.74) is 2.04. The number of carbonyl (C=O) groups excluding carboxylic acids is 1. The number of nitrogens with zero attached hydrogens (tertiary/aromatic N) is 1. The second-order valence-electron chi connectivity index (χ2n) is 5.76. The van der Waals surface area contributed by atoms with Gasteiger partial charge in [0.25, 0.3) is 5.91 Å². The molecule has 1 amide bonds. The van der Waals surface area contributed by atoms with E-state index in [1.807, 2.05) is 30.3 Å². The van der Waals surface area contributed by atoms with Gasteiger partial charge in [0.15, 0.2) is 0 Å². The largest absolute Gasteiger partial charge is 0.497 e. The van der Waals surface area contributed by atoms with E-state index in [9.17, 15) is 9.59 Å². The van der Waals surface area contributed by atoms with Crippen molar-refractivity contribution in [2.24, 2.45) is 0 Å². The van der Waals surface area contributed by atoms with Crippen LogP contribution in [-0.2, 0) is 9.59 Å². The van der Waals surface area contributed by atoms with Crippen molar-refractivity contribution >= 4 is 28.5 Å². The Balaban J connectivity index is 1.96. The number of ether oxygens (including phenoxy) is 1. The van der Waals surface area contributed by atoms with Gasteiger partial charge in [-0.25, -0.2) is 0 Å². The Bertz CT molecular complexity index is 799. The Morgan fingerprint density at radius 1 is 1.28 bits per heavy atom. The smallest absolute Gasteiger partial charge is 0.303 e. The van der Waals surface area contributed by atoms with Crippen molar-refractivity contribution in [3.05, 3.63) is 42.1 Å². The lowest BCUT2D eigenvalue weighted by Crippen LogP contribution is -2.12. The zero-order chi connectivity index (χ0) is 18.2. The van der Waals surface area contributed by atoms with Gasteiger partial charge < -0.3 is 15.2 Å². The zero-order valence-corrected chi connectivity index (χ0v) is 14.4. The van der Waals surface area contributed by atoms with Crippen molar-refractivity contribution in [3.63, 3.8) is 0 Å². The van der Waals surface area contributed by atoms with E-state index in [4.69, 9.17) is 9.84 Å². The first-order valence-electron chi connectivity index (χ1n) is 8.13. The Morgan fingerprint density at radius 3 is 2.80 bits per heavy atom. The van der Waals surface area contributed by atoms with E-state index in [1.165, 1.54) is 0 Å². The summed E-state index contributed by atoms with van der Waals surface area (Å²) < 4.78 is 5.20. The van der Waals surface area contributed by atoms with Crippen molar-refractivity contribution in [2.45, 2.75) is 32.6 Å². The maximum absolute atomic E-state index is 12.2. The number of allylic oxidation sites excluding steroid dienone is 1. The SMILES string of the molecule is COc1ccc2ncc(NC(=O)C(C)=CCCCCC(=O)O)cc2c1. The molecule has 1 aromatic carbocycles. The molecule has 0 bridgehead atoms. The average molecular weight is 342 g/mol. The molecule has 2 rings (SSSR count). The summed E-state index contributed by atoms with van der Waals surface area (Å²) in [5, 5.41) is 12.3. The molecule has 6 nitrogen and oxygen atoms in total. The number of fused-ring (bicyclic) bond motifs is 1. The number of hydrogen-bond donors (Lipinski definition) is 2. The fourth-order valence-corrected chi connectivity index (χ4v) is 2.37. The van der Waals surface area contributed by atoms with Crippen LogP contribution < -0.4 is 10.1 Å². The first kappa shape index (κ1) is 18.4. The van der Waals surface area contributed by atoms with Gasteiger partial charge in [0.2, 0.25) is 0 Å². The number of unbranched alkanes of at least 4 members (excludes halogenated alkanes) is 2. The molecule has 0 unspecified atom stereocenters. The molecule has 0 atom stereocenters. The number of carboxylic acids is 1. The lowest BCUT2D eigenvalue weighted by molar-refractivity contribution is -0.137. The number of carbonyl (C=O) groups is 2. The Labute approximate surface area is 146 Å². The van der Waals surface area contributed by atoms with E-state index in [2.05, 4.69) is 10.3 Å². The molecule has 0 aliphatic heterocycles. The number of methoxy groups -OCH3 is 1. The summed E-state index contributed by atoms with van der Waals surface area (Å²) in [7, 11) is 1.60. The van der Waals surface area contributed by atoms with Gasteiger partial charge in [-0.2, -0.15) is 0 Å². The summed E-state index contributed by atoms with van der Waals surface area (Å²) in [6.45, 7) is 1.74. The third kappa shape index (κ3) is 5.60. The van der Waals surface area contributed by atoms with E-state index in [1.54, 1.807) is 20.2 Å². The number of anilines is 1. The number of hydrogen-bond acceptors (Lipinski definition) is 4. The number of aromatic nitrogens is 1. The van der Waals surface area contributed by atoms with Gasteiger partial charge in [0.1, 0.15) is 5.75 Å². The summed E-state index contributed by atoms with van der Waals surface area (Å²) in [6.07, 6.45) is 5.64. The van der Waals surface area contributed by atoms with Gasteiger partial charge in [-0.3, -0.25) is 14.6 Å². The molecule has 0 aliphatic carbocycles. The van der Waals surface area contributed by atoms with Crippen LogP contribution in [0.5, 0.6) is 5.75 Å². The van der Waals surface area contributed by atoms with Crippen LogP contribution >= 0.6 is 0 Å². The van der Waals surface area contributed by atoms with Crippen molar-refractivity contribution < 1.29 is 19.4 Å². The lowest BCUT2D eigenvalue weighted by Gasteiger charge is -2.07. The second kappa shape index (κ2) is 8.82. The molecule has 0 fully saturated rings. The monoisotopic (exact) mass is 342 g/mol. The summed E-state index contributed by atoms with van der Waals surface area (Å²) in [4.78, 5) is 27.0. The van der Waals surface area contributed by atoms with Crippen LogP contribution in [0.15, 0.2) is 42.1 Å². The highest BCUT2D eigenvalue weighted by molar-refractivity contribution is 6.04. The lowest BCUT2D eigenvalue weighted by atomic mass is 10.1. The molecular weight excluding hydrogens is 320 g/mol. The van der Waals surface area contributed by atoms with Crippen molar-refractivity contribution in [1.82, 2.24) is 4.98 Å². The number of benzene rings is 1. The van der Waals surface area contributed by atoms with Gasteiger partial charge in [0, 0.05) is 17.4 Å². The molecule has 0 radical (unpaired) electrons. The quantitative estimate of drug-likeness (QED) is 0.563. The highest BCUT2D eigenvalue weighted by Gasteiger charge is 2.06. The molecule has 132 valence electrons. The van der Waals surface area contributed by atoms with Crippen molar-refractivity contribution in [2.75, 3.05) is 12.4 Å². The Kier molecular flexibility index (Phi) is 6.51. The standard InChI is InChI=1S/C19H22N2O4/c1-13(6-4-3-5-7-18(22)23)19(24)21-15-10-14-11-16(25-2)8-9-17(14)20-12-15/h6,8-12H,3-5,7H2,1-2H3,(H,21,24)(H,22,23). The van der Waals surface area contributed by atoms with Crippen LogP contribution in [0.1, 0.15) is 32.6 Å². The Hall–Kier alpha value is -2.89. The van der Waals surface area contributed by atoms with Crippen molar-refractivity contribution in [1.29, 1.82) is 0 Å². The third-order valence-corrected chi connectivity index (χ3v) is 3.80. The van der Waals surface area contributed by atoms with E-state index in [0.29, 0.717) is 24.1 Å². The summed E-state index contributed by atoms with van der Waals surface area (Å²) >= 11 is 0. The Morgan fingerprint density at radius 2 is 2.08 bits per heavy atom. The highest BCUT2D eigenvalue weighted by atomic mass is 16.5. The van der Waals surface area contributed by atoms with E-state index < -0.39 is 5.97 Å². The molecule has 2 N–H and O–H groups in total. The number of nitrogens with one attached hydrogen (secondary N) is 1. The number of pyridine rings is 1. The van der Waals surface area contributed by atoms with Crippen LogP contribution in [-0.4, -0.2) is 29.1 Å². The molecule has 0 spiro atoms. The first-order chi connectivity index (χ1) is 12.0. The molecule has 0 saturated carbocycles. The van der Waals surface area contributed by atoms with E-state index in [0.717, 1.165) is 23.1 Å². The normalized spacial score (nSPS) is 11.4. The fraction of sp³-hybridized carbons (Fsp3) is 0.316. The van der Waals surface area contributed by atoms with Crippen LogP contribution in [0.2, 0.25) is 0 Å². The number of rotatable bonds is 8. The topological polar surface area (TPSA) is 88.5 Å². The molecule has 1 heterocycles. The third-order valence-electron chi connectivity index (χ3n) is 3.80. The number of carboxylic acid groups (broad SMARTS) is 1. The molecule has 1 aromatic heterocycles. The van der Waals surface area contributed by atoms with E-state index in [-0.39, 0.29) is 12.3 Å². The van der Waals surface area contributed by atoms with Crippen molar-refractivity contribution in [3.8, 4) is 5.75 Å². The van der Waals surface area contributed by atoms with Gasteiger partial charge in [-0.05, 0) is 50.5 Å². The number of aliphatic carboxylic acids is 1. The van der Waals surface area contributed by atoms with Crippen LogP contribution in [0.3, 0.4) is 0 Å². The van der Waals surface area contributed by atoms with Crippen LogP contribution in [0.4, 0.5) is 5.69 Å². The highest BCUT2D eigenvalue weighted by Crippen LogP contribution is 2.22. The van der Waals surface area contributed by atoms with Crippen LogP contribution in [0.25, 0.3) is 10.9 Å². The van der Waals surface area contributed by atoms with Gasteiger partial charge in [0.05, 0.1) is 24.5 Å². The second-order valence-corrected chi connectivity index (χ2v) is 5.76.